The summed E-state index contributed by atoms with van der Waals surface area (Å²) in [5.41, 5.74) is 0.787. The number of rotatable bonds is 2. The van der Waals surface area contributed by atoms with E-state index in [2.05, 4.69) is 0 Å². The maximum atomic E-state index is 9.35. The van der Waals surface area contributed by atoms with Crippen molar-refractivity contribution in [1.29, 1.82) is 0 Å². The summed E-state index contributed by atoms with van der Waals surface area (Å²) in [6.45, 7) is 0. The van der Waals surface area contributed by atoms with Gasteiger partial charge in [0.1, 0.15) is 0 Å². The molecule has 20 heavy (non-hydrogen) atoms. The summed E-state index contributed by atoms with van der Waals surface area (Å²) in [6, 6.07) is 4.91. The Morgan fingerprint density at radius 1 is 0.500 bits per heavy atom. The molecule has 6 heteroatoms. The number of aromatic hydroxyl groups is 6. The van der Waals surface area contributed by atoms with E-state index >= 15 is 0 Å². The summed E-state index contributed by atoms with van der Waals surface area (Å²) in [4.78, 5) is 0. The lowest BCUT2D eigenvalue weighted by Gasteiger charge is -2.04. The third kappa shape index (κ3) is 2.54. The average Bonchev–Trinajstić information content (AvgIpc) is 2.39. The predicted molar refractivity (Wildman–Crippen MR) is 71.8 cm³/mol. The zero-order chi connectivity index (χ0) is 14.9. The van der Waals surface area contributed by atoms with Crippen LogP contribution in [0.4, 0.5) is 0 Å². The van der Waals surface area contributed by atoms with Crippen molar-refractivity contribution in [2.75, 3.05) is 0 Å². The molecular formula is C14H12O6. The topological polar surface area (TPSA) is 121 Å². The molecule has 0 saturated carbocycles. The van der Waals surface area contributed by atoms with Gasteiger partial charge in [0, 0.05) is 0 Å². The number of benzene rings is 2. The van der Waals surface area contributed by atoms with Crippen molar-refractivity contribution in [2.45, 2.75) is 0 Å². The zero-order valence-corrected chi connectivity index (χ0v) is 10.1. The summed E-state index contributed by atoms with van der Waals surface area (Å²) in [7, 11) is 0. The maximum absolute atomic E-state index is 9.35. The highest BCUT2D eigenvalue weighted by atomic mass is 16.3. The van der Waals surface area contributed by atoms with Gasteiger partial charge in [-0.2, -0.15) is 0 Å². The highest BCUT2D eigenvalue weighted by Gasteiger charge is 2.08. The van der Waals surface area contributed by atoms with Crippen molar-refractivity contribution in [3.63, 3.8) is 0 Å². The van der Waals surface area contributed by atoms with Crippen molar-refractivity contribution in [1.82, 2.24) is 0 Å². The highest BCUT2D eigenvalue weighted by molar-refractivity contribution is 5.74. The molecule has 0 heterocycles. The lowest BCUT2D eigenvalue weighted by atomic mass is 10.1. The predicted octanol–water partition coefficient (Wildman–Crippen LogP) is 2.09. The van der Waals surface area contributed by atoms with Crippen molar-refractivity contribution < 1.29 is 30.6 Å². The Morgan fingerprint density at radius 3 is 1.00 bits per heavy atom. The van der Waals surface area contributed by atoms with Crippen LogP contribution in [0.2, 0.25) is 0 Å². The lowest BCUT2D eigenvalue weighted by molar-refractivity contribution is 0.367. The van der Waals surface area contributed by atoms with E-state index in [1.807, 2.05) is 0 Å². The summed E-state index contributed by atoms with van der Waals surface area (Å²) < 4.78 is 0. The van der Waals surface area contributed by atoms with Gasteiger partial charge in [0.15, 0.2) is 34.5 Å². The molecule has 0 aromatic heterocycles. The minimum atomic E-state index is -0.609. The second-order valence-corrected chi connectivity index (χ2v) is 4.15. The van der Waals surface area contributed by atoms with E-state index in [9.17, 15) is 30.6 Å². The minimum absolute atomic E-state index is 0.393. The van der Waals surface area contributed by atoms with E-state index in [1.54, 1.807) is 0 Å². The Kier molecular flexibility index (Phi) is 3.30. The zero-order valence-electron chi connectivity index (χ0n) is 10.1. The molecule has 6 N–H and O–H groups in total. The fourth-order valence-electron chi connectivity index (χ4n) is 1.64. The Bertz CT molecular complexity index is 585. The first-order valence-electron chi connectivity index (χ1n) is 5.56. The summed E-state index contributed by atoms with van der Waals surface area (Å²) in [5.74, 6) is -3.10. The first kappa shape index (κ1) is 13.4. The van der Waals surface area contributed by atoms with Crippen LogP contribution in [0.15, 0.2) is 24.3 Å². The molecule has 2 aromatic rings. The smallest absolute Gasteiger partial charge is 0.200 e. The molecule has 0 unspecified atom stereocenters. The van der Waals surface area contributed by atoms with E-state index in [1.165, 1.54) is 36.4 Å². The molecule has 0 fully saturated rings. The molecular weight excluding hydrogens is 264 g/mol. The lowest BCUT2D eigenvalue weighted by Crippen LogP contribution is -1.78. The summed E-state index contributed by atoms with van der Waals surface area (Å²) in [6.07, 6.45) is 2.95. The van der Waals surface area contributed by atoms with Gasteiger partial charge in [-0.05, 0) is 35.4 Å². The fourth-order valence-corrected chi connectivity index (χ4v) is 1.64. The number of hydrogen-bond acceptors (Lipinski definition) is 6. The second-order valence-electron chi connectivity index (χ2n) is 4.15. The van der Waals surface area contributed by atoms with Crippen LogP contribution in [-0.2, 0) is 0 Å². The van der Waals surface area contributed by atoms with Crippen LogP contribution in [0.5, 0.6) is 34.5 Å². The maximum Gasteiger partial charge on any atom is 0.200 e. The summed E-state index contributed by atoms with van der Waals surface area (Å²) >= 11 is 0. The van der Waals surface area contributed by atoms with E-state index in [-0.39, 0.29) is 0 Å². The van der Waals surface area contributed by atoms with E-state index in [0.717, 1.165) is 0 Å². The van der Waals surface area contributed by atoms with Gasteiger partial charge in [0.05, 0.1) is 0 Å². The van der Waals surface area contributed by atoms with Gasteiger partial charge in [-0.3, -0.25) is 0 Å². The normalized spacial score (nSPS) is 11.0. The Hall–Kier alpha value is -3.02. The molecule has 2 aromatic carbocycles. The van der Waals surface area contributed by atoms with Crippen molar-refractivity contribution in [2.24, 2.45) is 0 Å². The molecule has 0 aliphatic carbocycles. The SMILES string of the molecule is Oc1cc(/C=C\c2cc(O)c(O)c(O)c2)cc(O)c1O. The largest absolute Gasteiger partial charge is 0.504 e. The minimum Gasteiger partial charge on any atom is -0.504 e. The number of phenols is 6. The van der Waals surface area contributed by atoms with Gasteiger partial charge in [-0.25, -0.2) is 0 Å². The average molecular weight is 276 g/mol. The van der Waals surface area contributed by atoms with E-state index < -0.39 is 34.5 Å². The van der Waals surface area contributed by atoms with Crippen LogP contribution < -0.4 is 0 Å². The van der Waals surface area contributed by atoms with Gasteiger partial charge in [0.2, 0.25) is 0 Å². The third-order valence-corrected chi connectivity index (χ3v) is 2.65. The van der Waals surface area contributed by atoms with Crippen LogP contribution in [0.25, 0.3) is 12.2 Å². The number of phenolic OH excluding ortho intramolecular Hbond substituents is 6. The third-order valence-electron chi connectivity index (χ3n) is 2.65. The van der Waals surface area contributed by atoms with Gasteiger partial charge < -0.3 is 30.6 Å². The molecule has 0 radical (unpaired) electrons. The van der Waals surface area contributed by atoms with Gasteiger partial charge in [0.25, 0.3) is 0 Å². The van der Waals surface area contributed by atoms with Crippen molar-refractivity contribution in [3.05, 3.63) is 35.4 Å². The standard InChI is InChI=1S/C14H12O6/c15-9-3-7(4-10(16)13(9)19)1-2-8-5-11(17)14(20)12(18)6-8/h1-6,15-20H/b2-1-. The second kappa shape index (κ2) is 4.93. The molecule has 0 aliphatic rings. The van der Waals surface area contributed by atoms with E-state index in [4.69, 9.17) is 0 Å². The number of hydrogen-bond donors (Lipinski definition) is 6. The van der Waals surface area contributed by atoms with Crippen molar-refractivity contribution in [3.8, 4) is 34.5 Å². The molecule has 104 valence electrons. The van der Waals surface area contributed by atoms with Gasteiger partial charge in [-0.15, -0.1) is 0 Å². The monoisotopic (exact) mass is 276 g/mol. The van der Waals surface area contributed by atoms with Crippen LogP contribution in [0.3, 0.4) is 0 Å². The molecule has 0 saturated heterocycles. The molecule has 6 nitrogen and oxygen atoms in total. The molecule has 0 bridgehead atoms. The molecule has 0 aliphatic heterocycles. The van der Waals surface area contributed by atoms with Crippen molar-refractivity contribution >= 4 is 12.2 Å². The molecule has 2 rings (SSSR count). The highest BCUT2D eigenvalue weighted by Crippen LogP contribution is 2.37. The van der Waals surface area contributed by atoms with Crippen LogP contribution in [0.1, 0.15) is 11.1 Å². The quantitative estimate of drug-likeness (QED) is 0.369. The first-order valence-corrected chi connectivity index (χ1v) is 5.56. The van der Waals surface area contributed by atoms with Crippen LogP contribution in [0, 0.1) is 0 Å². The Balaban J connectivity index is 2.35. The molecule has 0 spiro atoms. The van der Waals surface area contributed by atoms with E-state index in [0.29, 0.717) is 11.1 Å². The molecule has 0 atom stereocenters. The Labute approximate surface area is 113 Å². The molecule has 0 amide bonds. The summed E-state index contributed by atoms with van der Waals surface area (Å²) in [5, 5.41) is 55.8. The fraction of sp³-hybridized carbons (Fsp3) is 0. The van der Waals surface area contributed by atoms with Crippen LogP contribution in [-0.4, -0.2) is 30.6 Å². The van der Waals surface area contributed by atoms with Crippen LogP contribution >= 0.6 is 0 Å². The first-order chi connectivity index (χ1) is 9.38. The van der Waals surface area contributed by atoms with Gasteiger partial charge in [-0.1, -0.05) is 12.2 Å². The Morgan fingerprint density at radius 2 is 0.750 bits per heavy atom. The van der Waals surface area contributed by atoms with Gasteiger partial charge >= 0.3 is 0 Å².